The van der Waals surface area contributed by atoms with Gasteiger partial charge in [-0.2, -0.15) is 0 Å². The third-order valence-electron chi connectivity index (χ3n) is 3.80. The molecule has 0 bridgehead atoms. The Morgan fingerprint density at radius 1 is 0.950 bits per heavy atom. The number of benzene rings is 2. The summed E-state index contributed by atoms with van der Waals surface area (Å²) in [6.07, 6.45) is 1.60. The molecule has 3 nitrogen and oxygen atoms in total. The minimum absolute atomic E-state index is 0.0822. The minimum Gasteiger partial charge on any atom is -0.328 e. The molecule has 1 fully saturated rings. The highest BCUT2D eigenvalue weighted by molar-refractivity contribution is 5.93. The normalized spacial score (nSPS) is 21.1. The fourth-order valence-corrected chi connectivity index (χ4v) is 2.50. The first-order chi connectivity index (χ1) is 9.72. The quantitative estimate of drug-likeness (QED) is 0.897. The largest absolute Gasteiger partial charge is 0.328 e. The summed E-state index contributed by atoms with van der Waals surface area (Å²) in [7, 11) is 0. The van der Waals surface area contributed by atoms with Crippen molar-refractivity contribution >= 4 is 11.6 Å². The van der Waals surface area contributed by atoms with E-state index in [0.29, 0.717) is 0 Å². The summed E-state index contributed by atoms with van der Waals surface area (Å²) in [5.41, 5.74) is 8.87. The van der Waals surface area contributed by atoms with E-state index in [1.807, 2.05) is 42.5 Å². The van der Waals surface area contributed by atoms with Gasteiger partial charge in [0, 0.05) is 17.6 Å². The number of anilines is 1. The van der Waals surface area contributed by atoms with Gasteiger partial charge in [0.25, 0.3) is 0 Å². The summed E-state index contributed by atoms with van der Waals surface area (Å²) in [6.45, 7) is 0. The molecular weight excluding hydrogens is 248 g/mol. The van der Waals surface area contributed by atoms with Crippen molar-refractivity contribution in [1.82, 2.24) is 0 Å². The van der Waals surface area contributed by atoms with E-state index in [9.17, 15) is 4.79 Å². The number of hydrogen-bond acceptors (Lipinski definition) is 2. The zero-order chi connectivity index (χ0) is 13.9. The van der Waals surface area contributed by atoms with Crippen LogP contribution in [0.5, 0.6) is 0 Å². The van der Waals surface area contributed by atoms with Crippen LogP contribution in [0.3, 0.4) is 0 Å². The van der Waals surface area contributed by atoms with Gasteiger partial charge in [0.05, 0.1) is 0 Å². The van der Waals surface area contributed by atoms with E-state index in [0.717, 1.165) is 24.1 Å². The maximum absolute atomic E-state index is 11.9. The van der Waals surface area contributed by atoms with E-state index in [-0.39, 0.29) is 17.9 Å². The van der Waals surface area contributed by atoms with Gasteiger partial charge in [0.1, 0.15) is 0 Å². The molecule has 0 radical (unpaired) electrons. The first-order valence-corrected chi connectivity index (χ1v) is 6.94. The van der Waals surface area contributed by atoms with E-state index >= 15 is 0 Å². The average Bonchev–Trinajstić information content (AvgIpc) is 2.45. The monoisotopic (exact) mass is 266 g/mol. The van der Waals surface area contributed by atoms with Crippen molar-refractivity contribution in [2.45, 2.75) is 18.9 Å². The lowest BCUT2D eigenvalue weighted by atomic mass is 9.80. The van der Waals surface area contributed by atoms with Crippen molar-refractivity contribution in [3.05, 3.63) is 54.6 Å². The Balaban J connectivity index is 1.66. The van der Waals surface area contributed by atoms with E-state index < -0.39 is 0 Å². The van der Waals surface area contributed by atoms with Crippen LogP contribution >= 0.6 is 0 Å². The molecule has 0 aliphatic heterocycles. The molecule has 2 aromatic carbocycles. The van der Waals surface area contributed by atoms with Gasteiger partial charge in [-0.3, -0.25) is 4.79 Å². The van der Waals surface area contributed by atoms with E-state index in [1.165, 1.54) is 5.56 Å². The van der Waals surface area contributed by atoms with Crippen LogP contribution in [-0.2, 0) is 4.79 Å². The number of carbonyl (C=O) groups is 1. The number of carbonyl (C=O) groups excluding carboxylic acids is 1. The van der Waals surface area contributed by atoms with Gasteiger partial charge >= 0.3 is 0 Å². The Morgan fingerprint density at radius 2 is 1.55 bits per heavy atom. The Labute approximate surface area is 118 Å². The molecule has 0 spiro atoms. The lowest BCUT2D eigenvalue weighted by Gasteiger charge is -2.31. The molecule has 3 rings (SSSR count). The summed E-state index contributed by atoms with van der Waals surface area (Å²) < 4.78 is 0. The van der Waals surface area contributed by atoms with Gasteiger partial charge < -0.3 is 11.1 Å². The van der Waals surface area contributed by atoms with Crippen molar-refractivity contribution < 1.29 is 4.79 Å². The second kappa shape index (κ2) is 5.47. The molecule has 1 amide bonds. The van der Waals surface area contributed by atoms with Crippen LogP contribution in [0.25, 0.3) is 11.1 Å². The predicted octanol–water partition coefficient (Wildman–Crippen LogP) is 3.03. The zero-order valence-corrected chi connectivity index (χ0v) is 11.3. The van der Waals surface area contributed by atoms with Gasteiger partial charge in [-0.05, 0) is 36.1 Å². The Kier molecular flexibility index (Phi) is 3.52. The number of nitrogens with two attached hydrogens (primary N) is 1. The second-order valence-electron chi connectivity index (χ2n) is 5.36. The SMILES string of the molecule is NC1CC(C(=O)Nc2ccc(-c3ccccc3)cc2)C1. The average molecular weight is 266 g/mol. The molecule has 1 aliphatic carbocycles. The van der Waals surface area contributed by atoms with Gasteiger partial charge in [-0.15, -0.1) is 0 Å². The molecule has 0 aromatic heterocycles. The van der Waals surface area contributed by atoms with Crippen LogP contribution in [0.4, 0.5) is 5.69 Å². The highest BCUT2D eigenvalue weighted by Crippen LogP contribution is 2.27. The summed E-state index contributed by atoms with van der Waals surface area (Å²) >= 11 is 0. The van der Waals surface area contributed by atoms with Crippen LogP contribution in [0.1, 0.15) is 12.8 Å². The van der Waals surface area contributed by atoms with Crippen molar-refractivity contribution in [2.24, 2.45) is 11.7 Å². The van der Waals surface area contributed by atoms with E-state index in [2.05, 4.69) is 17.4 Å². The molecule has 0 unspecified atom stereocenters. The lowest BCUT2D eigenvalue weighted by Crippen LogP contribution is -2.42. The third-order valence-corrected chi connectivity index (χ3v) is 3.80. The Hall–Kier alpha value is -2.13. The van der Waals surface area contributed by atoms with Crippen molar-refractivity contribution in [3.8, 4) is 11.1 Å². The number of nitrogens with one attached hydrogen (secondary N) is 1. The first-order valence-electron chi connectivity index (χ1n) is 6.94. The number of rotatable bonds is 3. The fourth-order valence-electron chi connectivity index (χ4n) is 2.50. The summed E-state index contributed by atoms with van der Waals surface area (Å²) in [6, 6.07) is 18.3. The fraction of sp³-hybridized carbons (Fsp3) is 0.235. The van der Waals surface area contributed by atoms with Gasteiger partial charge in [-0.1, -0.05) is 42.5 Å². The number of hydrogen-bond donors (Lipinski definition) is 2. The predicted molar refractivity (Wildman–Crippen MR) is 81.2 cm³/mol. The molecule has 3 heteroatoms. The van der Waals surface area contributed by atoms with Crippen molar-refractivity contribution in [1.29, 1.82) is 0 Å². The smallest absolute Gasteiger partial charge is 0.227 e. The maximum atomic E-state index is 11.9. The standard InChI is InChI=1S/C17H18N2O/c18-15-10-14(11-15)17(20)19-16-8-6-13(7-9-16)12-4-2-1-3-5-12/h1-9,14-15H,10-11,18H2,(H,19,20). The second-order valence-corrected chi connectivity index (χ2v) is 5.36. The molecule has 2 aromatic rings. The minimum atomic E-state index is 0.0822. The Morgan fingerprint density at radius 3 is 2.15 bits per heavy atom. The van der Waals surface area contributed by atoms with Crippen LogP contribution in [0.15, 0.2) is 54.6 Å². The molecule has 1 aliphatic rings. The van der Waals surface area contributed by atoms with Crippen LogP contribution in [0, 0.1) is 5.92 Å². The van der Waals surface area contributed by atoms with Crippen molar-refractivity contribution in [2.75, 3.05) is 5.32 Å². The topological polar surface area (TPSA) is 55.1 Å². The number of amides is 1. The lowest BCUT2D eigenvalue weighted by molar-refractivity contribution is -0.122. The van der Waals surface area contributed by atoms with Gasteiger partial charge in [0.15, 0.2) is 0 Å². The molecule has 0 saturated heterocycles. The summed E-state index contributed by atoms with van der Waals surface area (Å²) in [5, 5.41) is 2.95. The van der Waals surface area contributed by atoms with E-state index in [4.69, 9.17) is 5.73 Å². The summed E-state index contributed by atoms with van der Waals surface area (Å²) in [4.78, 5) is 11.9. The van der Waals surface area contributed by atoms with Crippen molar-refractivity contribution in [3.63, 3.8) is 0 Å². The van der Waals surface area contributed by atoms with Crippen LogP contribution in [-0.4, -0.2) is 11.9 Å². The van der Waals surface area contributed by atoms with Crippen LogP contribution in [0.2, 0.25) is 0 Å². The molecule has 1 saturated carbocycles. The third kappa shape index (κ3) is 2.73. The highest BCUT2D eigenvalue weighted by Gasteiger charge is 2.31. The molecule has 102 valence electrons. The molecule has 20 heavy (non-hydrogen) atoms. The molecular formula is C17H18N2O. The van der Waals surface area contributed by atoms with E-state index in [1.54, 1.807) is 0 Å². The highest BCUT2D eigenvalue weighted by atomic mass is 16.1. The zero-order valence-electron chi connectivity index (χ0n) is 11.3. The van der Waals surface area contributed by atoms with Gasteiger partial charge in [0.2, 0.25) is 5.91 Å². The maximum Gasteiger partial charge on any atom is 0.227 e. The molecule has 3 N–H and O–H groups in total. The summed E-state index contributed by atoms with van der Waals surface area (Å²) in [5.74, 6) is 0.165. The first kappa shape index (κ1) is 12.9. The molecule has 0 atom stereocenters. The van der Waals surface area contributed by atoms with Crippen LogP contribution < -0.4 is 11.1 Å². The van der Waals surface area contributed by atoms with Gasteiger partial charge in [-0.25, -0.2) is 0 Å². The molecule has 0 heterocycles. The Bertz CT molecular complexity index is 586.